The number of hydrogen-bond acceptors (Lipinski definition) is 2. The van der Waals surface area contributed by atoms with E-state index < -0.39 is 0 Å². The summed E-state index contributed by atoms with van der Waals surface area (Å²) in [7, 11) is 0. The smallest absolute Gasteiger partial charge is 0.00226 e. The number of nitrogens with two attached hydrogens (primary N) is 1. The predicted octanol–water partition coefficient (Wildman–Crippen LogP) is 1.07. The topological polar surface area (TPSA) is 29.3 Å². The maximum Gasteiger partial charge on any atom is 0.00226 e. The molecule has 0 bridgehead atoms. The fourth-order valence-electron chi connectivity index (χ4n) is 0.926. The van der Waals surface area contributed by atoms with Gasteiger partial charge in [0.15, 0.2) is 0 Å². The van der Waals surface area contributed by atoms with Crippen molar-refractivity contribution in [2.24, 2.45) is 5.73 Å². The van der Waals surface area contributed by atoms with Gasteiger partial charge in [0.05, 0.1) is 0 Å². The molecule has 0 aromatic heterocycles. The van der Waals surface area contributed by atoms with Crippen molar-refractivity contribution in [2.75, 3.05) is 19.6 Å². The largest absolute Gasteiger partial charge is 0.328 e. The molecule has 0 aliphatic rings. The highest BCUT2D eigenvalue weighted by Crippen LogP contribution is 1.92. The lowest BCUT2D eigenvalue weighted by Gasteiger charge is -2.18. The molecule has 0 aliphatic heterocycles. The van der Waals surface area contributed by atoms with Crippen LogP contribution in [0.15, 0.2) is 0 Å². The molecule has 2 nitrogen and oxygen atoms in total. The summed E-state index contributed by atoms with van der Waals surface area (Å²) in [5, 5.41) is 0. The van der Waals surface area contributed by atoms with Gasteiger partial charge in [-0.2, -0.15) is 0 Å². The van der Waals surface area contributed by atoms with Crippen LogP contribution in [0.4, 0.5) is 0 Å². The average molecular weight is 144 g/mol. The first-order chi connectivity index (χ1) is 4.70. The molecule has 62 valence electrons. The van der Waals surface area contributed by atoms with E-state index in [0.717, 1.165) is 26.1 Å². The lowest BCUT2D eigenvalue weighted by Crippen LogP contribution is -2.28. The molecule has 0 aliphatic carbocycles. The highest BCUT2D eigenvalue weighted by atomic mass is 15.1. The van der Waals surface area contributed by atoms with E-state index in [9.17, 15) is 0 Å². The van der Waals surface area contributed by atoms with E-state index >= 15 is 0 Å². The van der Waals surface area contributed by atoms with Gasteiger partial charge >= 0.3 is 0 Å². The summed E-state index contributed by atoms with van der Waals surface area (Å²) in [6.07, 6.45) is 1.11. The second-order valence-corrected chi connectivity index (χ2v) is 2.79. The van der Waals surface area contributed by atoms with Gasteiger partial charge in [-0.25, -0.2) is 0 Å². The van der Waals surface area contributed by atoms with E-state index in [0.29, 0.717) is 6.04 Å². The summed E-state index contributed by atoms with van der Waals surface area (Å²) in [6, 6.07) is 0.348. The van der Waals surface area contributed by atoms with Gasteiger partial charge in [0.25, 0.3) is 0 Å². The quantitative estimate of drug-likeness (QED) is 0.625. The van der Waals surface area contributed by atoms with Crippen molar-refractivity contribution in [3.63, 3.8) is 0 Å². The Bertz CT molecular complexity index is 67.7. The van der Waals surface area contributed by atoms with Crippen molar-refractivity contribution >= 4 is 0 Å². The molecular weight excluding hydrogens is 124 g/mol. The monoisotopic (exact) mass is 144 g/mol. The van der Waals surface area contributed by atoms with E-state index in [-0.39, 0.29) is 0 Å². The van der Waals surface area contributed by atoms with E-state index in [1.54, 1.807) is 0 Å². The Labute approximate surface area is 64.4 Å². The van der Waals surface area contributed by atoms with E-state index in [1.165, 1.54) is 0 Å². The van der Waals surface area contributed by atoms with Crippen molar-refractivity contribution < 1.29 is 0 Å². The van der Waals surface area contributed by atoms with Crippen molar-refractivity contribution in [1.82, 2.24) is 4.90 Å². The van der Waals surface area contributed by atoms with Gasteiger partial charge in [-0.1, -0.05) is 13.8 Å². The van der Waals surface area contributed by atoms with Crippen molar-refractivity contribution in [2.45, 2.75) is 33.2 Å². The van der Waals surface area contributed by atoms with Gasteiger partial charge in [0, 0.05) is 6.04 Å². The SMILES string of the molecule is CCN(CC)CC[C@H](C)N. The molecule has 0 rings (SSSR count). The van der Waals surface area contributed by atoms with Crippen LogP contribution < -0.4 is 5.73 Å². The first-order valence-electron chi connectivity index (χ1n) is 4.18. The molecule has 0 aromatic carbocycles. The van der Waals surface area contributed by atoms with Crippen molar-refractivity contribution in [3.05, 3.63) is 0 Å². The third-order valence-electron chi connectivity index (χ3n) is 1.80. The van der Waals surface area contributed by atoms with Crippen molar-refractivity contribution in [3.8, 4) is 0 Å². The molecule has 0 heterocycles. The van der Waals surface area contributed by atoms with Crippen LogP contribution in [0.5, 0.6) is 0 Å². The Morgan fingerprint density at radius 2 is 1.80 bits per heavy atom. The Morgan fingerprint density at radius 1 is 1.30 bits per heavy atom. The zero-order valence-electron chi connectivity index (χ0n) is 7.43. The second kappa shape index (κ2) is 5.69. The van der Waals surface area contributed by atoms with Crippen LogP contribution in [0, 0.1) is 0 Å². The lowest BCUT2D eigenvalue weighted by atomic mass is 10.2. The summed E-state index contributed by atoms with van der Waals surface area (Å²) in [4.78, 5) is 2.39. The number of rotatable bonds is 5. The van der Waals surface area contributed by atoms with Crippen LogP contribution in [-0.2, 0) is 0 Å². The predicted molar refractivity (Wildman–Crippen MR) is 46.1 cm³/mol. The molecule has 1 atom stereocenters. The van der Waals surface area contributed by atoms with Crippen LogP contribution in [0.1, 0.15) is 27.2 Å². The fraction of sp³-hybridized carbons (Fsp3) is 1.00. The molecule has 0 radical (unpaired) electrons. The Balaban J connectivity index is 3.26. The highest BCUT2D eigenvalue weighted by Gasteiger charge is 1.99. The molecule has 2 N–H and O–H groups in total. The van der Waals surface area contributed by atoms with E-state index in [4.69, 9.17) is 5.73 Å². The summed E-state index contributed by atoms with van der Waals surface area (Å²) in [5.74, 6) is 0. The Hall–Kier alpha value is -0.0800. The maximum absolute atomic E-state index is 5.62. The third kappa shape index (κ3) is 4.77. The summed E-state index contributed by atoms with van der Waals surface area (Å²) < 4.78 is 0. The molecule has 0 aromatic rings. The molecule has 2 heteroatoms. The van der Waals surface area contributed by atoms with Crippen LogP contribution in [0.2, 0.25) is 0 Å². The minimum atomic E-state index is 0.348. The Kier molecular flexibility index (Phi) is 5.64. The zero-order valence-corrected chi connectivity index (χ0v) is 7.43. The van der Waals surface area contributed by atoms with Crippen LogP contribution in [-0.4, -0.2) is 30.6 Å². The minimum absolute atomic E-state index is 0.348. The molecule has 0 fully saturated rings. The zero-order chi connectivity index (χ0) is 7.98. The molecule has 0 saturated carbocycles. The van der Waals surface area contributed by atoms with Crippen LogP contribution in [0.25, 0.3) is 0 Å². The first kappa shape index (κ1) is 9.92. The maximum atomic E-state index is 5.62. The van der Waals surface area contributed by atoms with Gasteiger partial charge in [0.1, 0.15) is 0 Å². The van der Waals surface area contributed by atoms with E-state index in [2.05, 4.69) is 25.7 Å². The van der Waals surface area contributed by atoms with Crippen molar-refractivity contribution in [1.29, 1.82) is 0 Å². The molecule has 0 saturated heterocycles. The van der Waals surface area contributed by atoms with Gasteiger partial charge < -0.3 is 10.6 Å². The normalized spacial score (nSPS) is 14.1. The summed E-state index contributed by atoms with van der Waals surface area (Å²) in [6.45, 7) is 9.86. The lowest BCUT2D eigenvalue weighted by molar-refractivity contribution is 0.292. The highest BCUT2D eigenvalue weighted by molar-refractivity contribution is 4.58. The number of hydrogen-bond donors (Lipinski definition) is 1. The van der Waals surface area contributed by atoms with Gasteiger partial charge in [0.2, 0.25) is 0 Å². The Morgan fingerprint density at radius 3 is 2.10 bits per heavy atom. The third-order valence-corrected chi connectivity index (χ3v) is 1.80. The van der Waals surface area contributed by atoms with Gasteiger partial charge in [-0.05, 0) is 33.0 Å². The fourth-order valence-corrected chi connectivity index (χ4v) is 0.926. The molecule has 10 heavy (non-hydrogen) atoms. The molecule has 0 unspecified atom stereocenters. The average Bonchev–Trinajstić information content (AvgIpc) is 1.90. The van der Waals surface area contributed by atoms with Crippen LogP contribution in [0.3, 0.4) is 0 Å². The summed E-state index contributed by atoms with van der Waals surface area (Å²) >= 11 is 0. The van der Waals surface area contributed by atoms with Gasteiger partial charge in [-0.3, -0.25) is 0 Å². The second-order valence-electron chi connectivity index (χ2n) is 2.79. The minimum Gasteiger partial charge on any atom is -0.328 e. The molecule has 0 spiro atoms. The standard InChI is InChI=1S/C8H20N2/c1-4-10(5-2)7-6-8(3)9/h8H,4-7,9H2,1-3H3/t8-/m0/s1. The number of nitrogens with zero attached hydrogens (tertiary/aromatic N) is 1. The van der Waals surface area contributed by atoms with Crippen LogP contribution >= 0.6 is 0 Å². The van der Waals surface area contributed by atoms with Gasteiger partial charge in [-0.15, -0.1) is 0 Å². The van der Waals surface area contributed by atoms with E-state index in [1.807, 2.05) is 0 Å². The first-order valence-corrected chi connectivity index (χ1v) is 4.18. The molecule has 0 amide bonds. The summed E-state index contributed by atoms with van der Waals surface area (Å²) in [5.41, 5.74) is 5.62. The molecular formula is C8H20N2.